The van der Waals surface area contributed by atoms with Gasteiger partial charge in [-0.05, 0) is 68.1 Å². The molecule has 1 aliphatic heterocycles. The molecule has 0 aromatic heterocycles. The largest absolute Gasteiger partial charge is 0.285 e. The van der Waals surface area contributed by atoms with E-state index in [-0.39, 0.29) is 10.8 Å². The second kappa shape index (κ2) is 8.10. The molecular weight excluding hydrogens is 362 g/mol. The van der Waals surface area contributed by atoms with Crippen LogP contribution in [-0.4, -0.2) is 32.4 Å². The van der Waals surface area contributed by atoms with Gasteiger partial charge in [0, 0.05) is 24.3 Å². The minimum Gasteiger partial charge on any atom is -0.285 e. The summed E-state index contributed by atoms with van der Waals surface area (Å²) in [7, 11) is -3.68. The van der Waals surface area contributed by atoms with E-state index >= 15 is 0 Å². The molecule has 1 aliphatic rings. The van der Waals surface area contributed by atoms with E-state index in [0.717, 1.165) is 31.5 Å². The van der Waals surface area contributed by atoms with Crippen LogP contribution in [0.3, 0.4) is 0 Å². The molecule has 0 aliphatic carbocycles. The van der Waals surface area contributed by atoms with Crippen LogP contribution < -0.4 is 10.1 Å². The van der Waals surface area contributed by atoms with Crippen molar-refractivity contribution in [3.63, 3.8) is 0 Å². The number of carbonyl (C=O) groups is 1. The van der Waals surface area contributed by atoms with Gasteiger partial charge in [-0.15, -0.1) is 0 Å². The summed E-state index contributed by atoms with van der Waals surface area (Å²) in [6.45, 7) is 5.34. The average Bonchev–Trinajstić information content (AvgIpc) is 2.64. The number of carbonyl (C=O) groups excluding carboxylic acids is 1. The van der Waals surface area contributed by atoms with Crippen molar-refractivity contribution in [2.24, 2.45) is 0 Å². The van der Waals surface area contributed by atoms with Crippen LogP contribution in [0.4, 0.5) is 5.69 Å². The first kappa shape index (κ1) is 19.4. The van der Waals surface area contributed by atoms with Crippen molar-refractivity contribution in [1.29, 1.82) is 0 Å². The highest BCUT2D eigenvalue weighted by Crippen LogP contribution is 2.21. The molecule has 7 heteroatoms. The van der Waals surface area contributed by atoms with Gasteiger partial charge < -0.3 is 0 Å². The highest BCUT2D eigenvalue weighted by atomic mass is 32.2. The molecule has 1 amide bonds. The predicted octanol–water partition coefficient (Wildman–Crippen LogP) is 3.23. The van der Waals surface area contributed by atoms with Gasteiger partial charge in [-0.25, -0.2) is 13.4 Å². The fraction of sp³-hybridized carbons (Fsp3) is 0.350. The van der Waals surface area contributed by atoms with Crippen LogP contribution in [0.25, 0.3) is 0 Å². The van der Waals surface area contributed by atoms with Gasteiger partial charge in [0.25, 0.3) is 15.9 Å². The number of nitrogens with one attached hydrogen (secondary N) is 2. The van der Waals surface area contributed by atoms with Crippen LogP contribution in [0.2, 0.25) is 0 Å². The summed E-state index contributed by atoms with van der Waals surface area (Å²) in [5, 5.41) is 1.93. The number of aryl methyl sites for hydroxylation is 2. The van der Waals surface area contributed by atoms with Crippen molar-refractivity contribution in [3.05, 3.63) is 59.2 Å². The summed E-state index contributed by atoms with van der Waals surface area (Å²) in [5.74, 6) is -0.180. The number of hydrogen-bond donors (Lipinski definition) is 2. The molecule has 0 unspecified atom stereocenters. The van der Waals surface area contributed by atoms with Gasteiger partial charge in [0.05, 0.1) is 4.90 Å². The van der Waals surface area contributed by atoms with Gasteiger partial charge in [0.2, 0.25) is 0 Å². The summed E-state index contributed by atoms with van der Waals surface area (Å²) in [4.78, 5) is 12.6. The average molecular weight is 388 g/mol. The molecule has 0 bridgehead atoms. The summed E-state index contributed by atoms with van der Waals surface area (Å²) in [5.41, 5.74) is 5.38. The predicted molar refractivity (Wildman–Crippen MR) is 106 cm³/mol. The van der Waals surface area contributed by atoms with Gasteiger partial charge in [-0.1, -0.05) is 18.6 Å². The van der Waals surface area contributed by atoms with Crippen LogP contribution in [0.15, 0.2) is 47.4 Å². The van der Waals surface area contributed by atoms with Crippen LogP contribution in [0.5, 0.6) is 0 Å². The Kier molecular flexibility index (Phi) is 5.82. The quantitative estimate of drug-likeness (QED) is 0.826. The Morgan fingerprint density at radius 2 is 1.63 bits per heavy atom. The number of rotatable bonds is 5. The van der Waals surface area contributed by atoms with Crippen molar-refractivity contribution in [3.8, 4) is 0 Å². The molecule has 1 saturated heterocycles. The van der Waals surface area contributed by atoms with Gasteiger partial charge in [0.15, 0.2) is 0 Å². The minimum atomic E-state index is -3.68. The Balaban J connectivity index is 1.69. The number of benzene rings is 2. The maximum atomic E-state index is 12.7. The van der Waals surface area contributed by atoms with E-state index in [1.54, 1.807) is 43.3 Å². The van der Waals surface area contributed by atoms with Gasteiger partial charge >= 0.3 is 0 Å². The highest BCUT2D eigenvalue weighted by Gasteiger charge is 2.18. The third-order valence-corrected chi connectivity index (χ3v) is 6.17. The van der Waals surface area contributed by atoms with Crippen molar-refractivity contribution in [1.82, 2.24) is 10.4 Å². The summed E-state index contributed by atoms with van der Waals surface area (Å²) in [6.07, 6.45) is 3.36. The molecule has 144 valence electrons. The van der Waals surface area contributed by atoms with Crippen molar-refractivity contribution >= 4 is 21.6 Å². The standard InChI is InChI=1S/C20H25N3O3S/c1-15-6-7-16(2)19(14-15)27(25,26)22-18-10-8-17(9-11-18)20(24)21-23-12-4-3-5-13-23/h6-11,14,22H,3-5,12-13H2,1-2H3,(H,21,24). The third-order valence-electron chi connectivity index (χ3n) is 4.65. The first-order chi connectivity index (χ1) is 12.8. The van der Waals surface area contributed by atoms with Crippen LogP contribution in [0.1, 0.15) is 40.7 Å². The lowest BCUT2D eigenvalue weighted by Crippen LogP contribution is -2.45. The molecule has 2 aromatic carbocycles. The lowest BCUT2D eigenvalue weighted by molar-refractivity contribution is 0.0750. The van der Waals surface area contributed by atoms with E-state index in [2.05, 4.69) is 10.1 Å². The number of hydrazine groups is 1. The first-order valence-corrected chi connectivity index (χ1v) is 10.6. The van der Waals surface area contributed by atoms with Crippen molar-refractivity contribution < 1.29 is 13.2 Å². The Morgan fingerprint density at radius 1 is 0.963 bits per heavy atom. The van der Waals surface area contributed by atoms with Gasteiger partial charge in [-0.2, -0.15) is 0 Å². The number of nitrogens with zero attached hydrogens (tertiary/aromatic N) is 1. The third kappa shape index (κ3) is 4.87. The molecule has 0 radical (unpaired) electrons. The Labute approximate surface area is 160 Å². The molecule has 0 atom stereocenters. The number of anilines is 1. The van der Waals surface area contributed by atoms with Crippen molar-refractivity contribution in [2.75, 3.05) is 17.8 Å². The minimum absolute atomic E-state index is 0.180. The highest BCUT2D eigenvalue weighted by molar-refractivity contribution is 7.92. The lowest BCUT2D eigenvalue weighted by Gasteiger charge is -2.26. The molecule has 3 rings (SSSR count). The fourth-order valence-electron chi connectivity index (χ4n) is 3.11. The fourth-order valence-corrected chi connectivity index (χ4v) is 4.50. The van der Waals surface area contributed by atoms with Crippen molar-refractivity contribution in [2.45, 2.75) is 38.0 Å². The van der Waals surface area contributed by atoms with Crippen LogP contribution in [-0.2, 0) is 10.0 Å². The van der Waals surface area contributed by atoms with E-state index in [9.17, 15) is 13.2 Å². The molecule has 27 heavy (non-hydrogen) atoms. The van der Waals surface area contributed by atoms with E-state index in [0.29, 0.717) is 16.8 Å². The topological polar surface area (TPSA) is 78.5 Å². The molecule has 0 saturated carbocycles. The van der Waals surface area contributed by atoms with Gasteiger partial charge in [0.1, 0.15) is 0 Å². The zero-order valence-electron chi connectivity index (χ0n) is 15.7. The molecule has 1 fully saturated rings. The SMILES string of the molecule is Cc1ccc(C)c(S(=O)(=O)Nc2ccc(C(=O)NN3CCCCC3)cc2)c1. The zero-order chi connectivity index (χ0) is 19.4. The zero-order valence-corrected chi connectivity index (χ0v) is 16.5. The second-order valence-corrected chi connectivity index (χ2v) is 8.59. The molecular formula is C20H25N3O3S. The lowest BCUT2D eigenvalue weighted by atomic mass is 10.1. The molecule has 6 nitrogen and oxygen atoms in total. The van der Waals surface area contributed by atoms with E-state index in [1.807, 2.05) is 18.0 Å². The van der Waals surface area contributed by atoms with Crippen LogP contribution >= 0.6 is 0 Å². The van der Waals surface area contributed by atoms with E-state index in [1.165, 1.54) is 6.42 Å². The number of hydrogen-bond acceptors (Lipinski definition) is 4. The Morgan fingerprint density at radius 3 is 2.30 bits per heavy atom. The molecule has 2 aromatic rings. The second-order valence-electron chi connectivity index (χ2n) is 6.94. The smallest absolute Gasteiger partial charge is 0.265 e. The van der Waals surface area contributed by atoms with E-state index < -0.39 is 10.0 Å². The number of amides is 1. The normalized spacial score (nSPS) is 15.3. The Hall–Kier alpha value is -2.38. The summed E-state index contributed by atoms with van der Waals surface area (Å²) < 4.78 is 27.9. The Bertz CT molecular complexity index is 918. The van der Waals surface area contributed by atoms with E-state index in [4.69, 9.17) is 0 Å². The first-order valence-electron chi connectivity index (χ1n) is 9.11. The molecule has 0 spiro atoms. The van der Waals surface area contributed by atoms with Gasteiger partial charge in [-0.3, -0.25) is 14.9 Å². The van der Waals surface area contributed by atoms with Crippen LogP contribution in [0, 0.1) is 13.8 Å². The maximum Gasteiger partial charge on any atom is 0.265 e. The molecule has 2 N–H and O–H groups in total. The number of piperidine rings is 1. The summed E-state index contributed by atoms with van der Waals surface area (Å²) >= 11 is 0. The summed E-state index contributed by atoms with van der Waals surface area (Å²) in [6, 6.07) is 11.8. The molecule has 1 heterocycles. The maximum absolute atomic E-state index is 12.7. The number of sulfonamides is 1. The monoisotopic (exact) mass is 387 g/mol.